The second-order valence-corrected chi connectivity index (χ2v) is 6.82. The monoisotopic (exact) mass is 332 g/mol. The van der Waals surface area contributed by atoms with Gasteiger partial charge in [-0.15, -0.1) is 0 Å². The average Bonchev–Trinajstić information content (AvgIpc) is 2.53. The van der Waals surface area contributed by atoms with Gasteiger partial charge in [-0.2, -0.15) is 4.98 Å². The Kier molecular flexibility index (Phi) is 3.66. The predicted molar refractivity (Wildman–Crippen MR) is 82.0 cm³/mol. The van der Waals surface area contributed by atoms with Crippen molar-refractivity contribution in [1.29, 1.82) is 0 Å². The molecule has 0 saturated carbocycles. The number of sulfone groups is 1. The normalized spacial score (nSPS) is 11.7. The number of aromatic nitrogens is 4. The minimum atomic E-state index is -3.62. The van der Waals surface area contributed by atoms with Crippen molar-refractivity contribution < 1.29 is 13.5 Å². The Bertz CT molecular complexity index is 1060. The number of hydrogen-bond donors (Lipinski definition) is 1. The lowest BCUT2D eigenvalue weighted by Gasteiger charge is -2.10. The van der Waals surface area contributed by atoms with Gasteiger partial charge in [0.2, 0.25) is 15.0 Å². The molecule has 3 aromatic rings. The van der Waals surface area contributed by atoms with E-state index in [-0.39, 0.29) is 17.4 Å². The summed E-state index contributed by atoms with van der Waals surface area (Å²) in [5, 5.41) is 9.28. The first-order chi connectivity index (χ1) is 10.9. The van der Waals surface area contributed by atoms with Gasteiger partial charge >= 0.3 is 5.69 Å². The fraction of sp³-hybridized carbons (Fsp3) is 0.143. The zero-order chi connectivity index (χ0) is 16.6. The van der Waals surface area contributed by atoms with Gasteiger partial charge in [0.05, 0.1) is 17.7 Å². The van der Waals surface area contributed by atoms with Crippen LogP contribution in [0.4, 0.5) is 0 Å². The number of fused-ring (bicyclic) bond motifs is 1. The van der Waals surface area contributed by atoms with E-state index in [2.05, 4.69) is 15.0 Å². The van der Waals surface area contributed by atoms with Gasteiger partial charge in [0.15, 0.2) is 5.65 Å². The lowest BCUT2D eigenvalue weighted by Crippen LogP contribution is -2.22. The average molecular weight is 332 g/mol. The van der Waals surface area contributed by atoms with Gasteiger partial charge < -0.3 is 5.11 Å². The zero-order valence-electron chi connectivity index (χ0n) is 12.0. The molecule has 0 atom stereocenters. The van der Waals surface area contributed by atoms with E-state index in [4.69, 9.17) is 0 Å². The van der Waals surface area contributed by atoms with E-state index in [1.54, 1.807) is 24.3 Å². The molecule has 0 spiro atoms. The van der Waals surface area contributed by atoms with Crippen LogP contribution in [0.1, 0.15) is 5.56 Å². The summed E-state index contributed by atoms with van der Waals surface area (Å²) in [5.41, 5.74) is 0.558. The van der Waals surface area contributed by atoms with Gasteiger partial charge in [-0.25, -0.2) is 27.7 Å². The number of hydrogen-bond acceptors (Lipinski definition) is 7. The lowest BCUT2D eigenvalue weighted by atomic mass is 10.2. The maximum atomic E-state index is 12.2. The third-order valence-electron chi connectivity index (χ3n) is 3.17. The third kappa shape index (κ3) is 2.83. The smallest absolute Gasteiger partial charge is 0.353 e. The highest BCUT2D eigenvalue weighted by Crippen LogP contribution is 2.16. The summed E-state index contributed by atoms with van der Waals surface area (Å²) in [6, 6.07) is 6.61. The van der Waals surface area contributed by atoms with E-state index in [0.29, 0.717) is 16.6 Å². The molecule has 0 radical (unpaired) electrons. The molecule has 9 heteroatoms. The van der Waals surface area contributed by atoms with Crippen LogP contribution >= 0.6 is 0 Å². The largest absolute Gasteiger partial charge is 0.392 e. The molecule has 2 aromatic heterocycles. The molecule has 118 valence electrons. The Morgan fingerprint density at radius 3 is 2.65 bits per heavy atom. The van der Waals surface area contributed by atoms with Crippen molar-refractivity contribution in [2.24, 2.45) is 0 Å². The highest BCUT2D eigenvalue weighted by molar-refractivity contribution is 7.90. The first-order valence-corrected chi connectivity index (χ1v) is 8.44. The van der Waals surface area contributed by atoms with Gasteiger partial charge in [-0.05, 0) is 17.7 Å². The van der Waals surface area contributed by atoms with Crippen molar-refractivity contribution in [2.45, 2.75) is 11.8 Å². The highest BCUT2D eigenvalue weighted by Gasteiger charge is 2.15. The van der Waals surface area contributed by atoms with Crippen LogP contribution in [-0.2, 0) is 16.4 Å². The van der Waals surface area contributed by atoms with Crippen LogP contribution < -0.4 is 5.69 Å². The topological polar surface area (TPSA) is 115 Å². The van der Waals surface area contributed by atoms with E-state index in [9.17, 15) is 18.3 Å². The van der Waals surface area contributed by atoms with Crippen molar-refractivity contribution in [1.82, 2.24) is 19.5 Å². The standard InChI is InChI=1S/C14H12N4O4S/c1-23(21,22)13-15-6-10-7-16-14(20)18(12(10)17-13)11-4-2-3-9(5-11)8-19/h2-7,19H,8H2,1H3. The SMILES string of the molecule is CS(=O)(=O)c1ncc2cnc(=O)n(-c3cccc(CO)c3)c2n1. The third-order valence-corrected chi connectivity index (χ3v) is 4.03. The second-order valence-electron chi connectivity index (χ2n) is 4.91. The van der Waals surface area contributed by atoms with Crippen molar-refractivity contribution >= 4 is 20.9 Å². The van der Waals surface area contributed by atoms with Crippen LogP contribution in [0.15, 0.2) is 46.6 Å². The lowest BCUT2D eigenvalue weighted by molar-refractivity contribution is 0.282. The van der Waals surface area contributed by atoms with Gasteiger partial charge in [0.25, 0.3) is 0 Å². The second kappa shape index (κ2) is 5.52. The maximum Gasteiger partial charge on any atom is 0.353 e. The van der Waals surface area contributed by atoms with Crippen molar-refractivity contribution in [3.63, 3.8) is 0 Å². The number of rotatable bonds is 3. The van der Waals surface area contributed by atoms with Crippen molar-refractivity contribution in [2.75, 3.05) is 6.26 Å². The Morgan fingerprint density at radius 2 is 1.96 bits per heavy atom. The molecule has 0 amide bonds. The van der Waals surface area contributed by atoms with Crippen LogP contribution in [0.25, 0.3) is 16.7 Å². The molecule has 2 heterocycles. The van der Waals surface area contributed by atoms with Crippen molar-refractivity contribution in [3.05, 3.63) is 52.7 Å². The minimum absolute atomic E-state index is 0.135. The van der Waals surface area contributed by atoms with Crippen LogP contribution in [-0.4, -0.2) is 39.3 Å². The van der Waals surface area contributed by atoms with Crippen LogP contribution in [0.2, 0.25) is 0 Å². The van der Waals surface area contributed by atoms with Crippen LogP contribution in [0, 0.1) is 0 Å². The van der Waals surface area contributed by atoms with E-state index in [0.717, 1.165) is 6.26 Å². The number of aliphatic hydroxyl groups is 1. The number of benzene rings is 1. The number of aliphatic hydroxyl groups excluding tert-OH is 1. The van der Waals surface area contributed by atoms with E-state index in [1.165, 1.54) is 17.0 Å². The first kappa shape index (κ1) is 15.3. The van der Waals surface area contributed by atoms with Gasteiger partial charge in [0.1, 0.15) is 0 Å². The molecule has 0 aliphatic rings. The molecule has 3 rings (SSSR count). The fourth-order valence-electron chi connectivity index (χ4n) is 2.12. The molecule has 0 aliphatic heterocycles. The Balaban J connectivity index is 2.38. The zero-order valence-corrected chi connectivity index (χ0v) is 12.9. The molecule has 0 fully saturated rings. The molecule has 0 unspecified atom stereocenters. The highest BCUT2D eigenvalue weighted by atomic mass is 32.2. The molecular weight excluding hydrogens is 320 g/mol. The molecule has 0 bridgehead atoms. The summed E-state index contributed by atoms with van der Waals surface area (Å²) < 4.78 is 24.5. The predicted octanol–water partition coefficient (Wildman–Crippen LogP) is 0.0715. The first-order valence-electron chi connectivity index (χ1n) is 6.55. The van der Waals surface area contributed by atoms with Gasteiger partial charge in [-0.3, -0.25) is 0 Å². The Hall–Kier alpha value is -2.65. The van der Waals surface area contributed by atoms with Crippen LogP contribution in [0.5, 0.6) is 0 Å². The quantitative estimate of drug-likeness (QED) is 0.675. The summed E-state index contributed by atoms with van der Waals surface area (Å²) in [7, 11) is -3.62. The van der Waals surface area contributed by atoms with Crippen LogP contribution in [0.3, 0.4) is 0 Å². The molecule has 0 saturated heterocycles. The summed E-state index contributed by atoms with van der Waals surface area (Å²) >= 11 is 0. The Morgan fingerprint density at radius 1 is 1.22 bits per heavy atom. The van der Waals surface area contributed by atoms with Gasteiger partial charge in [-0.1, -0.05) is 12.1 Å². The van der Waals surface area contributed by atoms with Gasteiger partial charge in [0, 0.05) is 18.6 Å². The fourth-order valence-corrected chi connectivity index (χ4v) is 2.61. The van der Waals surface area contributed by atoms with Crippen molar-refractivity contribution in [3.8, 4) is 5.69 Å². The summed E-state index contributed by atoms with van der Waals surface area (Å²) in [6.45, 7) is -0.190. The number of nitrogens with zero attached hydrogens (tertiary/aromatic N) is 4. The summed E-state index contributed by atoms with van der Waals surface area (Å²) in [4.78, 5) is 23.7. The Labute approximate surface area is 131 Å². The summed E-state index contributed by atoms with van der Waals surface area (Å²) in [6.07, 6.45) is 3.58. The molecule has 23 heavy (non-hydrogen) atoms. The van der Waals surface area contributed by atoms with E-state index < -0.39 is 15.5 Å². The molecule has 1 aromatic carbocycles. The molecular formula is C14H12N4O4S. The maximum absolute atomic E-state index is 12.2. The molecule has 0 aliphatic carbocycles. The summed E-state index contributed by atoms with van der Waals surface area (Å²) in [5.74, 6) is 0. The van der Waals surface area contributed by atoms with E-state index >= 15 is 0 Å². The molecule has 1 N–H and O–H groups in total. The minimum Gasteiger partial charge on any atom is -0.392 e. The molecule has 8 nitrogen and oxygen atoms in total. The van der Waals surface area contributed by atoms with E-state index in [1.807, 2.05) is 0 Å².